The molecule has 1 aromatic rings. The van der Waals surface area contributed by atoms with Gasteiger partial charge in [0.2, 0.25) is 5.91 Å². The van der Waals surface area contributed by atoms with E-state index in [0.29, 0.717) is 6.54 Å². The second-order valence-corrected chi connectivity index (χ2v) is 2.98. The standard InChI is InChI=1S/C9H11N3O/c10-9-11-8(13)6-12(9)7-4-2-1-3-5-7/h1-5,9H,6,10H2,(H,11,13). The van der Waals surface area contributed by atoms with Crippen molar-refractivity contribution in [2.45, 2.75) is 6.29 Å². The fourth-order valence-electron chi connectivity index (χ4n) is 1.41. The van der Waals surface area contributed by atoms with Gasteiger partial charge in [0, 0.05) is 5.69 Å². The number of anilines is 1. The Morgan fingerprint density at radius 2 is 2.08 bits per heavy atom. The molecule has 1 atom stereocenters. The highest BCUT2D eigenvalue weighted by Gasteiger charge is 2.26. The molecule has 0 aliphatic carbocycles. The maximum absolute atomic E-state index is 11.0. The lowest BCUT2D eigenvalue weighted by molar-refractivity contribution is -0.118. The van der Waals surface area contributed by atoms with Crippen LogP contribution in [0, 0.1) is 0 Å². The molecule has 68 valence electrons. The van der Waals surface area contributed by atoms with Crippen LogP contribution in [0.5, 0.6) is 0 Å². The second-order valence-electron chi connectivity index (χ2n) is 2.98. The van der Waals surface area contributed by atoms with E-state index in [9.17, 15) is 4.79 Å². The predicted molar refractivity (Wildman–Crippen MR) is 49.9 cm³/mol. The molecule has 0 aromatic heterocycles. The van der Waals surface area contributed by atoms with Crippen LogP contribution in [-0.2, 0) is 4.79 Å². The Hall–Kier alpha value is -1.55. The Bertz CT molecular complexity index is 312. The largest absolute Gasteiger partial charge is 0.330 e. The summed E-state index contributed by atoms with van der Waals surface area (Å²) >= 11 is 0. The van der Waals surface area contributed by atoms with Crippen LogP contribution in [0.3, 0.4) is 0 Å². The van der Waals surface area contributed by atoms with Gasteiger partial charge in [0.25, 0.3) is 0 Å². The molecule has 1 saturated heterocycles. The van der Waals surface area contributed by atoms with Gasteiger partial charge in [-0.3, -0.25) is 10.5 Å². The van der Waals surface area contributed by atoms with Gasteiger partial charge < -0.3 is 10.2 Å². The lowest BCUT2D eigenvalue weighted by Crippen LogP contribution is -2.43. The highest BCUT2D eigenvalue weighted by molar-refractivity contribution is 5.85. The first kappa shape index (κ1) is 8.07. The highest BCUT2D eigenvalue weighted by Crippen LogP contribution is 2.15. The van der Waals surface area contributed by atoms with E-state index in [1.165, 1.54) is 0 Å². The number of amides is 1. The smallest absolute Gasteiger partial charge is 0.242 e. The van der Waals surface area contributed by atoms with Crippen molar-refractivity contribution in [2.75, 3.05) is 11.4 Å². The Kier molecular flexibility index (Phi) is 1.90. The minimum absolute atomic E-state index is 0.0312. The molecule has 0 radical (unpaired) electrons. The monoisotopic (exact) mass is 177 g/mol. The van der Waals surface area contributed by atoms with E-state index in [2.05, 4.69) is 5.32 Å². The summed E-state index contributed by atoms with van der Waals surface area (Å²) in [5.41, 5.74) is 6.66. The van der Waals surface area contributed by atoms with Gasteiger partial charge in [0.1, 0.15) is 6.54 Å². The lowest BCUT2D eigenvalue weighted by atomic mass is 10.3. The summed E-state index contributed by atoms with van der Waals surface area (Å²) in [6.45, 7) is 0.338. The summed E-state index contributed by atoms with van der Waals surface area (Å²) in [5, 5.41) is 2.63. The summed E-state index contributed by atoms with van der Waals surface area (Å²) in [7, 11) is 0. The van der Waals surface area contributed by atoms with Crippen LogP contribution in [0.15, 0.2) is 30.3 Å². The second kappa shape index (κ2) is 3.06. The molecule has 0 spiro atoms. The number of nitrogens with one attached hydrogen (secondary N) is 1. The zero-order chi connectivity index (χ0) is 9.26. The first-order valence-corrected chi connectivity index (χ1v) is 4.14. The van der Waals surface area contributed by atoms with E-state index in [-0.39, 0.29) is 5.91 Å². The average Bonchev–Trinajstić information content (AvgIpc) is 2.47. The highest BCUT2D eigenvalue weighted by atomic mass is 16.2. The van der Waals surface area contributed by atoms with E-state index in [1.807, 2.05) is 35.2 Å². The number of carbonyl (C=O) groups is 1. The molecule has 0 saturated carbocycles. The van der Waals surface area contributed by atoms with E-state index in [1.54, 1.807) is 0 Å². The Labute approximate surface area is 76.3 Å². The van der Waals surface area contributed by atoms with E-state index < -0.39 is 6.29 Å². The van der Waals surface area contributed by atoms with Gasteiger partial charge in [0.15, 0.2) is 6.29 Å². The number of benzene rings is 1. The fraction of sp³-hybridized carbons (Fsp3) is 0.222. The fourth-order valence-corrected chi connectivity index (χ4v) is 1.41. The van der Waals surface area contributed by atoms with Gasteiger partial charge in [-0.15, -0.1) is 0 Å². The quantitative estimate of drug-likeness (QED) is 0.628. The number of rotatable bonds is 1. The van der Waals surface area contributed by atoms with Crippen LogP contribution in [0.4, 0.5) is 5.69 Å². The summed E-state index contributed by atoms with van der Waals surface area (Å²) in [4.78, 5) is 12.8. The van der Waals surface area contributed by atoms with Gasteiger partial charge in [-0.05, 0) is 12.1 Å². The molecule has 1 aliphatic rings. The van der Waals surface area contributed by atoms with E-state index >= 15 is 0 Å². The maximum Gasteiger partial charge on any atom is 0.242 e. The molecule has 1 unspecified atom stereocenters. The molecule has 4 heteroatoms. The Morgan fingerprint density at radius 3 is 2.62 bits per heavy atom. The number of carbonyl (C=O) groups excluding carboxylic acids is 1. The van der Waals surface area contributed by atoms with Crippen molar-refractivity contribution >= 4 is 11.6 Å². The molecule has 0 bridgehead atoms. The Morgan fingerprint density at radius 1 is 1.38 bits per heavy atom. The van der Waals surface area contributed by atoms with Crippen LogP contribution in [0.1, 0.15) is 0 Å². The molecule has 1 aliphatic heterocycles. The van der Waals surface area contributed by atoms with Gasteiger partial charge in [-0.2, -0.15) is 0 Å². The number of nitrogens with zero attached hydrogens (tertiary/aromatic N) is 1. The molecule has 1 fully saturated rings. The van der Waals surface area contributed by atoms with Crippen LogP contribution in [0.2, 0.25) is 0 Å². The first-order chi connectivity index (χ1) is 6.27. The van der Waals surface area contributed by atoms with E-state index in [4.69, 9.17) is 5.73 Å². The van der Waals surface area contributed by atoms with Crippen molar-refractivity contribution in [2.24, 2.45) is 5.73 Å². The molecule has 1 aromatic carbocycles. The third-order valence-electron chi connectivity index (χ3n) is 2.05. The van der Waals surface area contributed by atoms with Gasteiger partial charge in [-0.1, -0.05) is 18.2 Å². The SMILES string of the molecule is NC1NC(=O)CN1c1ccccc1. The average molecular weight is 177 g/mol. The van der Waals surface area contributed by atoms with Crippen molar-refractivity contribution in [3.8, 4) is 0 Å². The summed E-state index contributed by atoms with van der Waals surface area (Å²) in [5.74, 6) is -0.0312. The molecule has 2 rings (SSSR count). The third kappa shape index (κ3) is 1.48. The van der Waals surface area contributed by atoms with Crippen molar-refractivity contribution in [3.05, 3.63) is 30.3 Å². The van der Waals surface area contributed by atoms with Crippen LogP contribution >= 0.6 is 0 Å². The summed E-state index contributed by atoms with van der Waals surface area (Å²) in [6.07, 6.45) is -0.394. The van der Waals surface area contributed by atoms with Gasteiger partial charge >= 0.3 is 0 Å². The van der Waals surface area contributed by atoms with Crippen LogP contribution in [0.25, 0.3) is 0 Å². The molecule has 3 N–H and O–H groups in total. The third-order valence-corrected chi connectivity index (χ3v) is 2.05. The van der Waals surface area contributed by atoms with Crippen molar-refractivity contribution < 1.29 is 4.79 Å². The molecule has 1 heterocycles. The number of hydrogen-bond acceptors (Lipinski definition) is 3. The zero-order valence-corrected chi connectivity index (χ0v) is 7.10. The van der Waals surface area contributed by atoms with E-state index in [0.717, 1.165) is 5.69 Å². The maximum atomic E-state index is 11.0. The summed E-state index contributed by atoms with van der Waals surface area (Å²) in [6, 6.07) is 9.64. The van der Waals surface area contributed by atoms with Crippen LogP contribution in [-0.4, -0.2) is 18.7 Å². The Balaban J connectivity index is 2.23. The van der Waals surface area contributed by atoms with Crippen LogP contribution < -0.4 is 16.0 Å². The zero-order valence-electron chi connectivity index (χ0n) is 7.10. The minimum atomic E-state index is -0.394. The molecular formula is C9H11N3O. The van der Waals surface area contributed by atoms with Crippen molar-refractivity contribution in [3.63, 3.8) is 0 Å². The number of hydrogen-bond donors (Lipinski definition) is 2. The lowest BCUT2D eigenvalue weighted by Gasteiger charge is -2.21. The molecule has 4 nitrogen and oxygen atoms in total. The topological polar surface area (TPSA) is 58.4 Å². The molecule has 13 heavy (non-hydrogen) atoms. The molecule has 1 amide bonds. The van der Waals surface area contributed by atoms with Crippen molar-refractivity contribution in [1.29, 1.82) is 0 Å². The normalized spacial score (nSPS) is 21.8. The molecular weight excluding hydrogens is 166 g/mol. The minimum Gasteiger partial charge on any atom is -0.330 e. The van der Waals surface area contributed by atoms with Gasteiger partial charge in [-0.25, -0.2) is 0 Å². The summed E-state index contributed by atoms with van der Waals surface area (Å²) < 4.78 is 0. The predicted octanol–water partition coefficient (Wildman–Crippen LogP) is -0.135. The van der Waals surface area contributed by atoms with Gasteiger partial charge in [0.05, 0.1) is 0 Å². The number of nitrogens with two attached hydrogens (primary N) is 1. The number of para-hydroxylation sites is 1. The first-order valence-electron chi connectivity index (χ1n) is 4.14. The van der Waals surface area contributed by atoms with Crippen molar-refractivity contribution in [1.82, 2.24) is 5.32 Å².